The molecule has 112 valence electrons. The van der Waals surface area contributed by atoms with Gasteiger partial charge >= 0.3 is 0 Å². The first-order chi connectivity index (χ1) is 9.11. The number of phenols is 1. The van der Waals surface area contributed by atoms with Crippen molar-refractivity contribution in [2.75, 3.05) is 20.7 Å². The van der Waals surface area contributed by atoms with Gasteiger partial charge in [0.05, 0.1) is 13.2 Å². The van der Waals surface area contributed by atoms with Gasteiger partial charge in [0.15, 0.2) is 11.5 Å². The molecule has 1 aromatic rings. The zero-order valence-electron chi connectivity index (χ0n) is 11.8. The number of likely N-dealkylation sites (N-methyl/N-ethyl adjacent to an activating group) is 1. The summed E-state index contributed by atoms with van der Waals surface area (Å²) in [5, 5.41) is 12.9. The normalized spacial score (nSPS) is 17.4. The van der Waals surface area contributed by atoms with Gasteiger partial charge < -0.3 is 20.1 Å². The number of halogens is 1. The summed E-state index contributed by atoms with van der Waals surface area (Å²) >= 11 is 0. The van der Waals surface area contributed by atoms with Crippen molar-refractivity contribution in [1.82, 2.24) is 10.2 Å². The quantitative estimate of drug-likeness (QED) is 0.885. The molecule has 1 amide bonds. The number of nitrogens with zero attached hydrogens (tertiary/aromatic N) is 1. The second-order valence-corrected chi connectivity index (χ2v) is 4.85. The molecule has 6 heteroatoms. The van der Waals surface area contributed by atoms with Crippen molar-refractivity contribution in [1.29, 1.82) is 0 Å². The Kier molecular flexibility index (Phi) is 6.10. The van der Waals surface area contributed by atoms with Crippen LogP contribution in [0.25, 0.3) is 0 Å². The zero-order chi connectivity index (χ0) is 13.8. The first-order valence-electron chi connectivity index (χ1n) is 6.46. The highest BCUT2D eigenvalue weighted by molar-refractivity contribution is 5.85. The van der Waals surface area contributed by atoms with E-state index >= 15 is 0 Å². The summed E-state index contributed by atoms with van der Waals surface area (Å²) in [6.07, 6.45) is 1.95. The maximum Gasteiger partial charge on any atom is 0.239 e. The average molecular weight is 301 g/mol. The molecule has 2 N–H and O–H groups in total. The van der Waals surface area contributed by atoms with Gasteiger partial charge in [-0.3, -0.25) is 4.79 Å². The Balaban J connectivity index is 0.00000200. The number of phenolic OH excluding ortho intramolecular Hbond substituents is 1. The summed E-state index contributed by atoms with van der Waals surface area (Å²) in [6, 6.07) is 5.13. The summed E-state index contributed by atoms with van der Waals surface area (Å²) in [5.74, 6) is 0.642. The SMILES string of the molecule is COc1ccc(CN(C)C(=O)C2CCCN2)cc1O.Cl. The lowest BCUT2D eigenvalue weighted by Gasteiger charge is -2.21. The summed E-state index contributed by atoms with van der Waals surface area (Å²) in [5.41, 5.74) is 0.882. The monoisotopic (exact) mass is 300 g/mol. The minimum absolute atomic E-state index is 0. The first-order valence-corrected chi connectivity index (χ1v) is 6.46. The largest absolute Gasteiger partial charge is 0.504 e. The van der Waals surface area contributed by atoms with Crippen molar-refractivity contribution < 1.29 is 14.6 Å². The second kappa shape index (κ2) is 7.36. The summed E-state index contributed by atoms with van der Waals surface area (Å²) in [7, 11) is 3.29. The van der Waals surface area contributed by atoms with Gasteiger partial charge in [-0.15, -0.1) is 12.4 Å². The van der Waals surface area contributed by atoms with E-state index in [0.29, 0.717) is 12.3 Å². The molecule has 1 fully saturated rings. The van der Waals surface area contributed by atoms with Crippen LogP contribution in [0.1, 0.15) is 18.4 Å². The molecule has 1 aliphatic rings. The third-order valence-corrected chi connectivity index (χ3v) is 3.40. The van der Waals surface area contributed by atoms with Crippen LogP contribution in [0.15, 0.2) is 18.2 Å². The molecule has 5 nitrogen and oxygen atoms in total. The highest BCUT2D eigenvalue weighted by atomic mass is 35.5. The number of nitrogens with one attached hydrogen (secondary N) is 1. The van der Waals surface area contributed by atoms with Crippen LogP contribution in [0.2, 0.25) is 0 Å². The van der Waals surface area contributed by atoms with Gasteiger partial charge in [0.25, 0.3) is 0 Å². The minimum atomic E-state index is -0.0585. The van der Waals surface area contributed by atoms with Crippen LogP contribution >= 0.6 is 12.4 Å². The van der Waals surface area contributed by atoms with Gasteiger partial charge in [-0.2, -0.15) is 0 Å². The Morgan fingerprint density at radius 3 is 2.85 bits per heavy atom. The van der Waals surface area contributed by atoms with Crippen molar-refractivity contribution in [3.63, 3.8) is 0 Å². The number of hydrogen-bond acceptors (Lipinski definition) is 4. The topological polar surface area (TPSA) is 61.8 Å². The summed E-state index contributed by atoms with van der Waals surface area (Å²) in [4.78, 5) is 13.8. The van der Waals surface area contributed by atoms with E-state index in [0.717, 1.165) is 24.9 Å². The van der Waals surface area contributed by atoms with E-state index in [4.69, 9.17) is 4.74 Å². The van der Waals surface area contributed by atoms with Crippen LogP contribution in [-0.2, 0) is 11.3 Å². The molecule has 1 saturated heterocycles. The number of aromatic hydroxyl groups is 1. The van der Waals surface area contributed by atoms with E-state index in [1.807, 2.05) is 6.07 Å². The lowest BCUT2D eigenvalue weighted by molar-refractivity contribution is -0.132. The number of hydrogen-bond donors (Lipinski definition) is 2. The van der Waals surface area contributed by atoms with Gasteiger partial charge in [-0.25, -0.2) is 0 Å². The molecular weight excluding hydrogens is 280 g/mol. The molecular formula is C14H21ClN2O3. The minimum Gasteiger partial charge on any atom is -0.504 e. The third-order valence-electron chi connectivity index (χ3n) is 3.40. The van der Waals surface area contributed by atoms with E-state index in [1.54, 1.807) is 24.1 Å². The number of benzene rings is 1. The number of amides is 1. The van der Waals surface area contributed by atoms with E-state index in [9.17, 15) is 9.90 Å². The fourth-order valence-corrected chi connectivity index (χ4v) is 2.35. The van der Waals surface area contributed by atoms with Crippen molar-refractivity contribution in [3.05, 3.63) is 23.8 Å². The molecule has 2 rings (SSSR count). The highest BCUT2D eigenvalue weighted by Crippen LogP contribution is 2.26. The zero-order valence-corrected chi connectivity index (χ0v) is 12.6. The van der Waals surface area contributed by atoms with E-state index in [-0.39, 0.29) is 30.1 Å². The number of carbonyl (C=O) groups excluding carboxylic acids is 1. The van der Waals surface area contributed by atoms with Gasteiger partial charge in [0.2, 0.25) is 5.91 Å². The van der Waals surface area contributed by atoms with Crippen LogP contribution in [-0.4, -0.2) is 42.7 Å². The molecule has 0 bridgehead atoms. The van der Waals surface area contributed by atoms with Crippen LogP contribution in [0, 0.1) is 0 Å². The van der Waals surface area contributed by atoms with Crippen LogP contribution in [0.5, 0.6) is 11.5 Å². The van der Waals surface area contributed by atoms with Gasteiger partial charge in [0, 0.05) is 13.6 Å². The van der Waals surface area contributed by atoms with Crippen molar-refractivity contribution >= 4 is 18.3 Å². The Morgan fingerprint density at radius 1 is 1.55 bits per heavy atom. The molecule has 1 aliphatic heterocycles. The highest BCUT2D eigenvalue weighted by Gasteiger charge is 2.24. The Morgan fingerprint density at radius 2 is 2.30 bits per heavy atom. The second-order valence-electron chi connectivity index (χ2n) is 4.85. The Bertz CT molecular complexity index is 462. The molecule has 0 aromatic heterocycles. The van der Waals surface area contributed by atoms with Crippen LogP contribution in [0.4, 0.5) is 0 Å². The van der Waals surface area contributed by atoms with Crippen LogP contribution < -0.4 is 10.1 Å². The Labute approximate surface area is 125 Å². The number of rotatable bonds is 4. The molecule has 1 heterocycles. The summed E-state index contributed by atoms with van der Waals surface area (Å²) in [6.45, 7) is 1.39. The van der Waals surface area contributed by atoms with E-state index in [2.05, 4.69) is 5.32 Å². The van der Waals surface area contributed by atoms with E-state index < -0.39 is 0 Å². The molecule has 1 atom stereocenters. The van der Waals surface area contributed by atoms with Gasteiger partial charge in [-0.1, -0.05) is 6.07 Å². The van der Waals surface area contributed by atoms with Crippen LogP contribution in [0.3, 0.4) is 0 Å². The molecule has 1 aromatic carbocycles. The maximum absolute atomic E-state index is 12.1. The van der Waals surface area contributed by atoms with Crippen molar-refractivity contribution in [2.24, 2.45) is 0 Å². The number of ether oxygens (including phenoxy) is 1. The lowest BCUT2D eigenvalue weighted by atomic mass is 10.1. The predicted octanol–water partition coefficient (Wildman–Crippen LogP) is 1.53. The van der Waals surface area contributed by atoms with E-state index in [1.165, 1.54) is 7.11 Å². The maximum atomic E-state index is 12.1. The fraction of sp³-hybridized carbons (Fsp3) is 0.500. The first kappa shape index (κ1) is 16.6. The van der Waals surface area contributed by atoms with Gasteiger partial charge in [0.1, 0.15) is 0 Å². The van der Waals surface area contributed by atoms with Gasteiger partial charge in [-0.05, 0) is 37.1 Å². The fourth-order valence-electron chi connectivity index (χ4n) is 2.35. The number of methoxy groups -OCH3 is 1. The van der Waals surface area contributed by atoms with Crippen molar-refractivity contribution in [2.45, 2.75) is 25.4 Å². The summed E-state index contributed by atoms with van der Waals surface area (Å²) < 4.78 is 4.99. The Hall–Kier alpha value is -1.46. The lowest BCUT2D eigenvalue weighted by Crippen LogP contribution is -2.41. The molecule has 0 spiro atoms. The smallest absolute Gasteiger partial charge is 0.239 e. The third kappa shape index (κ3) is 3.77. The predicted molar refractivity (Wildman–Crippen MR) is 79.4 cm³/mol. The molecule has 1 unspecified atom stereocenters. The molecule has 0 radical (unpaired) electrons. The number of carbonyl (C=O) groups is 1. The van der Waals surface area contributed by atoms with Crippen molar-refractivity contribution in [3.8, 4) is 11.5 Å². The standard InChI is InChI=1S/C14H20N2O3.ClH/c1-16(14(18)11-4-3-7-15-11)9-10-5-6-13(19-2)12(17)8-10;/h5-6,8,11,15,17H,3-4,7,9H2,1-2H3;1H. The average Bonchev–Trinajstić information content (AvgIpc) is 2.92. The molecule has 20 heavy (non-hydrogen) atoms. The molecule has 0 saturated carbocycles. The molecule has 0 aliphatic carbocycles.